The van der Waals surface area contributed by atoms with Crippen LogP contribution in [0.4, 0.5) is 42.9 Å². The van der Waals surface area contributed by atoms with E-state index in [4.69, 9.17) is 8.83 Å². The summed E-state index contributed by atoms with van der Waals surface area (Å²) in [6, 6.07) is 70.0. The smallest absolute Gasteiger partial charge is 0.159 e. The number of halogens is 2. The largest absolute Gasteiger partial charge is 0.454 e. The highest BCUT2D eigenvalue weighted by Crippen LogP contribution is 2.64. The number of fused-ring (bicyclic) bond motifs is 15. The molecule has 2 aliphatic rings. The molecule has 10 aromatic carbocycles. The fourth-order valence-corrected chi connectivity index (χ4v) is 12.4. The Morgan fingerprint density at radius 2 is 0.708 bits per heavy atom. The molecule has 72 heavy (non-hydrogen) atoms. The fourth-order valence-electron chi connectivity index (χ4n) is 12.4. The van der Waals surface area contributed by atoms with Crippen molar-refractivity contribution < 1.29 is 17.6 Å². The predicted octanol–water partition coefficient (Wildman–Crippen LogP) is 18.3. The van der Waals surface area contributed by atoms with Gasteiger partial charge in [0.2, 0.25) is 0 Å². The molecule has 0 atom stereocenters. The molecule has 0 saturated carbocycles. The first-order valence-corrected chi connectivity index (χ1v) is 24.5. The van der Waals surface area contributed by atoms with E-state index in [0.717, 1.165) is 111 Å². The zero-order valence-corrected chi connectivity index (χ0v) is 40.1. The van der Waals surface area contributed by atoms with Gasteiger partial charge >= 0.3 is 0 Å². The monoisotopic (exact) mass is 936 g/mol. The molecular weight excluding hydrogens is 891 g/mol. The van der Waals surface area contributed by atoms with E-state index in [-0.39, 0.29) is 17.0 Å². The number of rotatable bonds is 6. The maximum atomic E-state index is 14.9. The van der Waals surface area contributed by atoms with Gasteiger partial charge in [-0.2, -0.15) is 0 Å². The molecule has 0 amide bonds. The van der Waals surface area contributed by atoms with Gasteiger partial charge in [-0.1, -0.05) is 135 Å². The van der Waals surface area contributed by atoms with Crippen LogP contribution < -0.4 is 9.80 Å². The van der Waals surface area contributed by atoms with Gasteiger partial charge < -0.3 is 18.6 Å². The highest BCUT2D eigenvalue weighted by molar-refractivity contribution is 6.12. The third-order valence-electron chi connectivity index (χ3n) is 15.7. The van der Waals surface area contributed by atoms with Crippen molar-refractivity contribution in [2.45, 2.75) is 38.5 Å². The minimum atomic E-state index is -0.812. The number of para-hydroxylation sites is 4. The van der Waals surface area contributed by atoms with E-state index in [1.54, 1.807) is 0 Å². The lowest BCUT2D eigenvalue weighted by atomic mass is 9.55. The predicted molar refractivity (Wildman–Crippen MR) is 289 cm³/mol. The third-order valence-corrected chi connectivity index (χ3v) is 15.7. The van der Waals surface area contributed by atoms with Crippen LogP contribution in [-0.2, 0) is 10.8 Å². The van der Waals surface area contributed by atoms with Crippen LogP contribution in [0.25, 0.3) is 55.0 Å². The summed E-state index contributed by atoms with van der Waals surface area (Å²) in [7, 11) is 0. The Morgan fingerprint density at radius 3 is 1.12 bits per heavy atom. The summed E-state index contributed by atoms with van der Waals surface area (Å²) in [5.41, 5.74) is 18.6. The molecule has 0 fully saturated rings. The number of benzene rings is 10. The number of aryl methyl sites for hydroxylation is 2. The first-order chi connectivity index (χ1) is 35.1. The lowest BCUT2D eigenvalue weighted by Crippen LogP contribution is -2.40. The molecule has 0 unspecified atom stereocenters. The van der Waals surface area contributed by atoms with Crippen molar-refractivity contribution in [3.05, 3.63) is 262 Å². The van der Waals surface area contributed by atoms with Crippen molar-refractivity contribution >= 4 is 78.0 Å². The van der Waals surface area contributed by atoms with Crippen LogP contribution in [0, 0.1) is 25.5 Å². The van der Waals surface area contributed by atoms with Gasteiger partial charge in [0.05, 0.1) is 16.8 Å². The van der Waals surface area contributed by atoms with Gasteiger partial charge in [-0.25, -0.2) is 8.78 Å². The zero-order chi connectivity index (χ0) is 48.6. The van der Waals surface area contributed by atoms with Crippen LogP contribution in [0.1, 0.15) is 58.4 Å². The number of nitrogens with zero attached hydrogens (tertiary/aromatic N) is 2. The van der Waals surface area contributed by atoms with Crippen LogP contribution in [0.15, 0.2) is 215 Å². The average Bonchev–Trinajstić information content (AvgIpc) is 4.08. The van der Waals surface area contributed by atoms with Crippen molar-refractivity contribution in [3.63, 3.8) is 0 Å². The van der Waals surface area contributed by atoms with Gasteiger partial charge in [0.15, 0.2) is 11.2 Å². The van der Waals surface area contributed by atoms with Gasteiger partial charge in [-0.05, 0) is 154 Å². The summed E-state index contributed by atoms with van der Waals surface area (Å²) < 4.78 is 43.5. The second-order valence-corrected chi connectivity index (χ2v) is 20.0. The van der Waals surface area contributed by atoms with Gasteiger partial charge in [-0.3, -0.25) is 0 Å². The molecule has 2 aliphatic carbocycles. The van der Waals surface area contributed by atoms with E-state index in [0.29, 0.717) is 0 Å². The average molecular weight is 937 g/mol. The maximum Gasteiger partial charge on any atom is 0.159 e. The third kappa shape index (κ3) is 5.83. The summed E-state index contributed by atoms with van der Waals surface area (Å²) in [6.07, 6.45) is 0. The van der Waals surface area contributed by atoms with Crippen molar-refractivity contribution in [1.82, 2.24) is 0 Å². The van der Waals surface area contributed by atoms with Crippen LogP contribution in [0.5, 0.6) is 0 Å². The van der Waals surface area contributed by atoms with Crippen LogP contribution in [0.3, 0.4) is 0 Å². The maximum absolute atomic E-state index is 14.9. The molecule has 0 bridgehead atoms. The summed E-state index contributed by atoms with van der Waals surface area (Å²) in [5, 5.41) is 4.11. The van der Waals surface area contributed by atoms with Gasteiger partial charge in [0.25, 0.3) is 0 Å². The molecule has 346 valence electrons. The fraction of sp³-hybridized carbons (Fsp3) is 0.0909. The van der Waals surface area contributed by atoms with Gasteiger partial charge in [0, 0.05) is 49.7 Å². The Balaban J connectivity index is 1.06. The van der Waals surface area contributed by atoms with E-state index in [9.17, 15) is 8.78 Å². The molecular formula is C66H46F2N2O2. The van der Waals surface area contributed by atoms with E-state index >= 15 is 0 Å². The van der Waals surface area contributed by atoms with Gasteiger partial charge in [0.1, 0.15) is 22.8 Å². The molecule has 0 aliphatic heterocycles. The molecule has 4 nitrogen and oxygen atoms in total. The summed E-state index contributed by atoms with van der Waals surface area (Å²) in [5.74, 6) is -0.621. The Hall–Kier alpha value is -8.74. The van der Waals surface area contributed by atoms with Crippen molar-refractivity contribution in [3.8, 4) is 11.1 Å². The number of hydrogen-bond donors (Lipinski definition) is 0. The second kappa shape index (κ2) is 15.4. The molecule has 12 aromatic rings. The highest BCUT2D eigenvalue weighted by atomic mass is 19.1. The Kier molecular flexibility index (Phi) is 9.01. The van der Waals surface area contributed by atoms with Crippen molar-refractivity contribution in [2.75, 3.05) is 9.80 Å². The lowest BCUT2D eigenvalue weighted by Gasteiger charge is -2.47. The number of anilines is 6. The second-order valence-electron chi connectivity index (χ2n) is 20.0. The van der Waals surface area contributed by atoms with Gasteiger partial charge in [-0.15, -0.1) is 0 Å². The van der Waals surface area contributed by atoms with Crippen molar-refractivity contribution in [1.29, 1.82) is 0 Å². The zero-order valence-electron chi connectivity index (χ0n) is 40.1. The minimum absolute atomic E-state index is 0.310. The standard InChI is InChI=1S/C66H46F2N2O2/c1-39-13-9-15-49-51-17-11-23-59(63(51)71-61(39)49)69(43-29-25-41(67)26-30-43)45-33-35-47-48-36-34-46(38-58(48)66(57(47)37-45)55-21-7-5-19-53(55)65(3,4)54-20-6-8-22-56(54)66)70(44-31-27-42(68)28-32-44)60-24-12-18-52-50-16-10-14-40(2)62(50)72-64(52)60/h5-38H,1-4H3. The normalized spacial score (nSPS) is 13.9. The molecule has 2 heterocycles. The Bertz CT molecular complexity index is 3930. The quantitative estimate of drug-likeness (QED) is 0.166. The first kappa shape index (κ1) is 42.2. The molecule has 14 rings (SSSR count). The lowest BCUT2D eigenvalue weighted by molar-refractivity contribution is 0.563. The van der Waals surface area contributed by atoms with Crippen LogP contribution in [0.2, 0.25) is 0 Å². The van der Waals surface area contributed by atoms with E-state index in [1.165, 1.54) is 46.5 Å². The van der Waals surface area contributed by atoms with Crippen molar-refractivity contribution in [2.24, 2.45) is 0 Å². The summed E-state index contributed by atoms with van der Waals surface area (Å²) >= 11 is 0. The topological polar surface area (TPSA) is 32.8 Å². The van der Waals surface area contributed by atoms with E-state index in [2.05, 4.69) is 195 Å². The Morgan fingerprint density at radius 1 is 0.347 bits per heavy atom. The summed E-state index contributed by atoms with van der Waals surface area (Å²) in [6.45, 7) is 8.81. The Labute approximate surface area is 415 Å². The molecule has 0 radical (unpaired) electrons. The number of hydrogen-bond acceptors (Lipinski definition) is 4. The van der Waals surface area contributed by atoms with E-state index < -0.39 is 5.41 Å². The summed E-state index contributed by atoms with van der Waals surface area (Å²) in [4.78, 5) is 4.41. The van der Waals surface area contributed by atoms with Crippen LogP contribution in [-0.4, -0.2) is 0 Å². The highest BCUT2D eigenvalue weighted by Gasteiger charge is 2.53. The first-order valence-electron chi connectivity index (χ1n) is 24.5. The SMILES string of the molecule is Cc1cccc2c1oc1c(N(c3ccc(F)cc3)c3ccc4c(c3)C3(c5cc(N(c6ccc(F)cc6)c6cccc7c6oc6c(C)cccc67)ccc5-4)c4ccccc4C(C)(C)c4ccccc43)cccc12. The number of furan rings is 2. The molecule has 2 aromatic heterocycles. The molecule has 6 heteroatoms. The molecule has 1 spiro atoms. The minimum Gasteiger partial charge on any atom is -0.454 e. The molecule has 0 N–H and O–H groups in total. The van der Waals surface area contributed by atoms with Crippen LogP contribution >= 0.6 is 0 Å². The van der Waals surface area contributed by atoms with E-state index in [1.807, 2.05) is 24.3 Å². The molecule has 0 saturated heterocycles.